The predicted molar refractivity (Wildman–Crippen MR) is 154 cm³/mol. The van der Waals surface area contributed by atoms with E-state index in [-0.39, 0.29) is 25.4 Å². The predicted octanol–water partition coefficient (Wildman–Crippen LogP) is 4.70. The molecule has 0 radical (unpaired) electrons. The summed E-state index contributed by atoms with van der Waals surface area (Å²) in [6, 6.07) is 16.6. The van der Waals surface area contributed by atoms with Crippen molar-refractivity contribution in [1.82, 2.24) is 15.1 Å². The number of carbonyl (C=O) groups excluding carboxylic acids is 1. The second kappa shape index (κ2) is 14.2. The highest BCUT2D eigenvalue weighted by Crippen LogP contribution is 2.39. The number of nitrogens with one attached hydrogen (secondary N) is 1. The fourth-order valence-electron chi connectivity index (χ4n) is 6.05. The Morgan fingerprint density at radius 2 is 1.70 bits per heavy atom. The molecule has 8 heteroatoms. The molecular weight excluding hydrogens is 506 g/mol. The van der Waals surface area contributed by atoms with Gasteiger partial charge in [0.1, 0.15) is 6.61 Å². The van der Waals surface area contributed by atoms with Crippen molar-refractivity contribution in [3.63, 3.8) is 0 Å². The Hall–Kier alpha value is -2.75. The van der Waals surface area contributed by atoms with Crippen LogP contribution in [0.5, 0.6) is 0 Å². The number of rotatable bonds is 11. The molecule has 3 aliphatic heterocycles. The molecule has 3 saturated heterocycles. The van der Waals surface area contributed by atoms with E-state index in [1.165, 1.54) is 44.8 Å². The molecule has 0 bridgehead atoms. The van der Waals surface area contributed by atoms with Crippen molar-refractivity contribution in [1.29, 1.82) is 0 Å². The van der Waals surface area contributed by atoms with Crippen LogP contribution in [0.4, 0.5) is 4.79 Å². The van der Waals surface area contributed by atoms with E-state index in [1.54, 1.807) is 0 Å². The van der Waals surface area contributed by atoms with Gasteiger partial charge in [-0.05, 0) is 62.0 Å². The second-order valence-corrected chi connectivity index (χ2v) is 11.1. The summed E-state index contributed by atoms with van der Waals surface area (Å²) < 4.78 is 18.1. The van der Waals surface area contributed by atoms with Gasteiger partial charge in [0.2, 0.25) is 0 Å². The maximum absolute atomic E-state index is 11.8. The molecule has 3 aliphatic rings. The number of hydrogen-bond donors (Lipinski definition) is 2. The van der Waals surface area contributed by atoms with Crippen LogP contribution >= 0.6 is 0 Å². The molecule has 0 saturated carbocycles. The minimum absolute atomic E-state index is 0.0285. The van der Waals surface area contributed by atoms with Gasteiger partial charge in [-0.2, -0.15) is 0 Å². The monoisotopic (exact) mass is 549 g/mol. The number of amides is 1. The van der Waals surface area contributed by atoms with Gasteiger partial charge in [-0.25, -0.2) is 4.79 Å². The molecule has 216 valence electrons. The van der Waals surface area contributed by atoms with Gasteiger partial charge in [0.15, 0.2) is 6.29 Å². The van der Waals surface area contributed by atoms with Gasteiger partial charge in [-0.1, -0.05) is 61.2 Å². The first-order valence-corrected chi connectivity index (χ1v) is 14.7. The maximum atomic E-state index is 11.8. The standard InChI is InChI=1S/C32H43N3O5/c1-2-18-38-32(37)33-20-24-7-13-27(14-8-24)31-39-29(19-30(40-31)26-11-9-25(23-36)10-12-26)22-35-17-5-6-28(35)21-34-15-3-4-16-34/h2,7-14,28-31,36H,1,3-6,15-23H2,(H,33,37)/t28-,29-,30+,31+/m0/s1. The first-order valence-electron chi connectivity index (χ1n) is 14.7. The topological polar surface area (TPSA) is 83.5 Å². The number of benzene rings is 2. The van der Waals surface area contributed by atoms with Crippen molar-refractivity contribution in [3.8, 4) is 0 Å². The summed E-state index contributed by atoms with van der Waals surface area (Å²) >= 11 is 0. The number of aliphatic hydroxyl groups excluding tert-OH is 1. The molecule has 1 amide bonds. The Morgan fingerprint density at radius 1 is 0.975 bits per heavy atom. The summed E-state index contributed by atoms with van der Waals surface area (Å²) in [5.41, 5.74) is 3.91. The van der Waals surface area contributed by atoms with Crippen molar-refractivity contribution < 1.29 is 24.1 Å². The van der Waals surface area contributed by atoms with Crippen molar-refractivity contribution >= 4 is 6.09 Å². The highest BCUT2D eigenvalue weighted by molar-refractivity contribution is 5.67. The Morgan fingerprint density at radius 3 is 2.42 bits per heavy atom. The van der Waals surface area contributed by atoms with Gasteiger partial charge in [0, 0.05) is 37.7 Å². The van der Waals surface area contributed by atoms with Crippen LogP contribution in [0.15, 0.2) is 61.2 Å². The molecule has 0 aromatic heterocycles. The van der Waals surface area contributed by atoms with Gasteiger partial charge >= 0.3 is 6.09 Å². The number of alkyl carbamates (subject to hydrolysis) is 1. The van der Waals surface area contributed by atoms with Crippen molar-refractivity contribution in [2.45, 2.75) is 69.8 Å². The van der Waals surface area contributed by atoms with E-state index in [4.69, 9.17) is 14.2 Å². The second-order valence-electron chi connectivity index (χ2n) is 11.1. The average Bonchev–Trinajstić information content (AvgIpc) is 3.67. The van der Waals surface area contributed by atoms with Crippen LogP contribution in [0.3, 0.4) is 0 Å². The van der Waals surface area contributed by atoms with Crippen molar-refractivity contribution in [2.75, 3.05) is 39.3 Å². The van der Waals surface area contributed by atoms with Crippen LogP contribution in [0, 0.1) is 0 Å². The molecule has 2 N–H and O–H groups in total. The molecule has 40 heavy (non-hydrogen) atoms. The SMILES string of the molecule is C=CCOC(=O)NCc1ccc([C@@H]2O[C@H](CN3CCC[C@H]3CN3CCCC3)C[C@H](c3ccc(CO)cc3)O2)cc1. The Kier molecular flexibility index (Phi) is 10.2. The molecule has 5 rings (SSSR count). The summed E-state index contributed by atoms with van der Waals surface area (Å²) in [7, 11) is 0. The molecule has 2 aromatic carbocycles. The highest BCUT2D eigenvalue weighted by atomic mass is 16.7. The Balaban J connectivity index is 1.26. The summed E-state index contributed by atoms with van der Waals surface area (Å²) in [5.74, 6) is 0. The molecular formula is C32H43N3O5. The number of nitrogens with zero attached hydrogens (tertiary/aromatic N) is 2. The minimum atomic E-state index is -0.486. The van der Waals surface area contributed by atoms with E-state index < -0.39 is 12.4 Å². The highest BCUT2D eigenvalue weighted by Gasteiger charge is 2.36. The van der Waals surface area contributed by atoms with Gasteiger partial charge in [-0.15, -0.1) is 0 Å². The van der Waals surface area contributed by atoms with Crippen LogP contribution in [-0.2, 0) is 27.4 Å². The summed E-state index contributed by atoms with van der Waals surface area (Å²) in [5, 5.41) is 12.2. The van der Waals surface area contributed by atoms with Crippen molar-refractivity contribution in [2.24, 2.45) is 0 Å². The molecule has 0 aliphatic carbocycles. The van der Waals surface area contributed by atoms with Gasteiger partial charge in [0.05, 0.1) is 18.8 Å². The third-order valence-electron chi connectivity index (χ3n) is 8.24. The number of ether oxygens (including phenoxy) is 3. The third kappa shape index (κ3) is 7.71. The summed E-state index contributed by atoms with van der Waals surface area (Å²) in [6.45, 7) is 9.78. The Bertz CT molecular complexity index is 1090. The quantitative estimate of drug-likeness (QED) is 0.393. The molecule has 0 spiro atoms. The van der Waals surface area contributed by atoms with Crippen LogP contribution in [0.2, 0.25) is 0 Å². The van der Waals surface area contributed by atoms with E-state index in [2.05, 4.69) is 33.8 Å². The molecule has 4 atom stereocenters. The van der Waals surface area contributed by atoms with Crippen LogP contribution < -0.4 is 5.32 Å². The smallest absolute Gasteiger partial charge is 0.407 e. The number of likely N-dealkylation sites (tertiary alicyclic amines) is 2. The first-order chi connectivity index (χ1) is 19.6. The molecule has 0 unspecified atom stereocenters. The fraction of sp³-hybridized carbons (Fsp3) is 0.531. The normalized spacial score (nSPS) is 25.6. The lowest BCUT2D eigenvalue weighted by Crippen LogP contribution is -2.45. The fourth-order valence-corrected chi connectivity index (χ4v) is 6.05. The average molecular weight is 550 g/mol. The lowest BCUT2D eigenvalue weighted by Gasteiger charge is -2.39. The van der Waals surface area contributed by atoms with E-state index in [0.717, 1.165) is 48.3 Å². The van der Waals surface area contributed by atoms with E-state index in [1.807, 2.05) is 36.4 Å². The summed E-state index contributed by atoms with van der Waals surface area (Å²) in [4.78, 5) is 17.0. The molecule has 2 aromatic rings. The number of aliphatic hydroxyl groups is 1. The number of carbonyl (C=O) groups is 1. The molecule has 3 fully saturated rings. The zero-order valence-corrected chi connectivity index (χ0v) is 23.4. The minimum Gasteiger partial charge on any atom is -0.445 e. The zero-order valence-electron chi connectivity index (χ0n) is 23.4. The first kappa shape index (κ1) is 28.8. The Labute approximate surface area is 237 Å². The number of hydrogen-bond acceptors (Lipinski definition) is 7. The third-order valence-corrected chi connectivity index (χ3v) is 8.24. The largest absolute Gasteiger partial charge is 0.445 e. The maximum Gasteiger partial charge on any atom is 0.407 e. The van der Waals surface area contributed by atoms with E-state index >= 15 is 0 Å². The summed E-state index contributed by atoms with van der Waals surface area (Å²) in [6.07, 6.45) is 6.46. The van der Waals surface area contributed by atoms with Gasteiger partial charge in [-0.3, -0.25) is 4.90 Å². The lowest BCUT2D eigenvalue weighted by atomic mass is 9.99. The van der Waals surface area contributed by atoms with Gasteiger partial charge in [0.25, 0.3) is 0 Å². The lowest BCUT2D eigenvalue weighted by molar-refractivity contribution is -0.253. The zero-order chi connectivity index (χ0) is 27.7. The van der Waals surface area contributed by atoms with E-state index in [0.29, 0.717) is 12.6 Å². The van der Waals surface area contributed by atoms with E-state index in [9.17, 15) is 9.90 Å². The molecule has 8 nitrogen and oxygen atoms in total. The van der Waals surface area contributed by atoms with Crippen LogP contribution in [0.1, 0.15) is 66.8 Å². The van der Waals surface area contributed by atoms with Crippen molar-refractivity contribution in [3.05, 3.63) is 83.4 Å². The van der Waals surface area contributed by atoms with Crippen LogP contribution in [0.25, 0.3) is 0 Å². The van der Waals surface area contributed by atoms with Crippen LogP contribution in [-0.4, -0.2) is 72.5 Å². The van der Waals surface area contributed by atoms with Gasteiger partial charge < -0.3 is 29.5 Å². The molecule has 3 heterocycles.